The summed E-state index contributed by atoms with van der Waals surface area (Å²) in [5, 5.41) is 0.610. The van der Waals surface area contributed by atoms with Gasteiger partial charge in [0.1, 0.15) is 0 Å². The first kappa shape index (κ1) is 17.0. The maximum Gasteiger partial charge on any atom is 0.253 e. The van der Waals surface area contributed by atoms with Crippen LogP contribution in [0.15, 0.2) is 42.5 Å². The molecule has 2 aliphatic rings. The summed E-state index contributed by atoms with van der Waals surface area (Å²) in [7, 11) is 0. The van der Waals surface area contributed by atoms with Crippen LogP contribution >= 0.6 is 11.8 Å². The summed E-state index contributed by atoms with van der Waals surface area (Å²) >= 11 is 1.85. The molecule has 0 atom stereocenters. The molecule has 0 spiro atoms. The van der Waals surface area contributed by atoms with Gasteiger partial charge in [-0.1, -0.05) is 24.3 Å². The second-order valence-corrected chi connectivity index (χ2v) is 7.83. The molecule has 5 heteroatoms. The molecule has 1 aliphatic heterocycles. The first-order chi connectivity index (χ1) is 12.6. The number of carbonyl (C=O) groups excluding carboxylic acids is 3. The average Bonchev–Trinajstić information content (AvgIpc) is 2.71. The van der Waals surface area contributed by atoms with Crippen molar-refractivity contribution in [3.63, 3.8) is 0 Å². The Hall–Kier alpha value is -2.40. The van der Waals surface area contributed by atoms with Crippen LogP contribution in [0.1, 0.15) is 55.0 Å². The number of carbonyl (C=O) groups is 3. The molecule has 0 bridgehead atoms. The minimum Gasteiger partial charge on any atom is -0.339 e. The number of amides is 1. The lowest BCUT2D eigenvalue weighted by Gasteiger charge is -2.31. The van der Waals surface area contributed by atoms with E-state index in [2.05, 4.69) is 6.26 Å². The summed E-state index contributed by atoms with van der Waals surface area (Å²) in [6, 6.07) is 11.7. The highest BCUT2D eigenvalue weighted by Crippen LogP contribution is 2.29. The summed E-state index contributed by atoms with van der Waals surface area (Å²) in [6.45, 7) is 1.47. The lowest BCUT2D eigenvalue weighted by atomic mass is 9.83. The van der Waals surface area contributed by atoms with Gasteiger partial charge in [-0.05, 0) is 37.3 Å². The van der Waals surface area contributed by atoms with Crippen LogP contribution in [0.2, 0.25) is 0 Å². The molecule has 1 saturated heterocycles. The van der Waals surface area contributed by atoms with Gasteiger partial charge in [-0.3, -0.25) is 14.4 Å². The molecule has 1 fully saturated rings. The molecular formula is C21H19NO3S. The minimum absolute atomic E-state index is 0.0635. The van der Waals surface area contributed by atoms with Crippen LogP contribution in [-0.4, -0.2) is 47.0 Å². The van der Waals surface area contributed by atoms with Gasteiger partial charge in [0.2, 0.25) is 0 Å². The molecule has 0 N–H and O–H groups in total. The van der Waals surface area contributed by atoms with Crippen molar-refractivity contribution in [1.82, 2.24) is 4.90 Å². The molecular weight excluding hydrogens is 346 g/mol. The van der Waals surface area contributed by atoms with Gasteiger partial charge in [-0.15, -0.1) is 0 Å². The zero-order valence-corrected chi connectivity index (χ0v) is 15.3. The molecule has 2 aromatic carbocycles. The molecule has 1 amide bonds. The fourth-order valence-electron chi connectivity index (χ4n) is 3.71. The Kier molecular flexibility index (Phi) is 4.41. The van der Waals surface area contributed by atoms with Crippen LogP contribution in [0, 0.1) is 0 Å². The number of nitrogens with zero attached hydrogens (tertiary/aromatic N) is 1. The number of rotatable bonds is 2. The van der Waals surface area contributed by atoms with E-state index in [1.54, 1.807) is 42.5 Å². The highest BCUT2D eigenvalue weighted by molar-refractivity contribution is 7.99. The van der Waals surface area contributed by atoms with Crippen LogP contribution in [-0.2, 0) is 0 Å². The highest BCUT2D eigenvalue weighted by Gasteiger charge is 2.31. The Morgan fingerprint density at radius 2 is 1.50 bits per heavy atom. The lowest BCUT2D eigenvalue weighted by molar-refractivity contribution is 0.0727. The topological polar surface area (TPSA) is 54.5 Å². The number of hydrogen-bond donors (Lipinski definition) is 0. The van der Waals surface area contributed by atoms with Gasteiger partial charge < -0.3 is 4.90 Å². The third kappa shape index (κ3) is 2.76. The molecule has 0 saturated carbocycles. The number of likely N-dealkylation sites (tertiary alicyclic amines) is 1. The van der Waals surface area contributed by atoms with Crippen molar-refractivity contribution in [3.05, 3.63) is 70.3 Å². The maximum absolute atomic E-state index is 12.8. The van der Waals surface area contributed by atoms with E-state index in [0.717, 1.165) is 25.9 Å². The minimum atomic E-state index is -0.189. The second-order valence-electron chi connectivity index (χ2n) is 6.69. The maximum atomic E-state index is 12.8. The first-order valence-corrected chi connectivity index (χ1v) is 10.0. The van der Waals surface area contributed by atoms with Crippen molar-refractivity contribution in [3.8, 4) is 0 Å². The smallest absolute Gasteiger partial charge is 0.253 e. The largest absolute Gasteiger partial charge is 0.339 e. The van der Waals surface area contributed by atoms with Crippen molar-refractivity contribution in [2.75, 3.05) is 19.3 Å². The third-order valence-corrected chi connectivity index (χ3v) is 6.37. The van der Waals surface area contributed by atoms with Crippen LogP contribution < -0.4 is 0 Å². The van der Waals surface area contributed by atoms with E-state index in [9.17, 15) is 14.4 Å². The average molecular weight is 365 g/mol. The Morgan fingerprint density at radius 3 is 2.12 bits per heavy atom. The predicted molar refractivity (Wildman–Crippen MR) is 102 cm³/mol. The second kappa shape index (κ2) is 6.72. The fourth-order valence-corrected chi connectivity index (χ4v) is 4.39. The first-order valence-electron chi connectivity index (χ1n) is 8.74. The Bertz CT molecular complexity index is 913. The van der Waals surface area contributed by atoms with Crippen LogP contribution in [0.25, 0.3) is 0 Å². The van der Waals surface area contributed by atoms with Gasteiger partial charge in [0.15, 0.2) is 11.6 Å². The molecule has 4 rings (SSSR count). The van der Waals surface area contributed by atoms with E-state index < -0.39 is 0 Å². The van der Waals surface area contributed by atoms with Crippen molar-refractivity contribution >= 4 is 29.2 Å². The zero-order valence-electron chi connectivity index (χ0n) is 14.5. The van der Waals surface area contributed by atoms with Gasteiger partial charge in [0.25, 0.3) is 5.91 Å². The van der Waals surface area contributed by atoms with Crippen molar-refractivity contribution in [2.45, 2.75) is 18.1 Å². The summed E-state index contributed by atoms with van der Waals surface area (Å²) in [6.07, 6.45) is 4.08. The summed E-state index contributed by atoms with van der Waals surface area (Å²) in [4.78, 5) is 40.1. The molecule has 0 unspecified atom stereocenters. The predicted octanol–water partition coefficient (Wildman–Crippen LogP) is 3.43. The summed E-state index contributed by atoms with van der Waals surface area (Å²) in [5.41, 5.74) is 2.04. The van der Waals surface area contributed by atoms with Crippen molar-refractivity contribution < 1.29 is 14.4 Å². The van der Waals surface area contributed by atoms with Gasteiger partial charge in [0, 0.05) is 46.2 Å². The monoisotopic (exact) mass is 365 g/mol. The molecule has 4 nitrogen and oxygen atoms in total. The van der Waals surface area contributed by atoms with E-state index in [4.69, 9.17) is 0 Å². The number of piperidine rings is 1. The Labute approximate surface area is 156 Å². The zero-order chi connectivity index (χ0) is 18.3. The Morgan fingerprint density at radius 1 is 0.923 bits per heavy atom. The molecule has 132 valence electrons. The van der Waals surface area contributed by atoms with E-state index in [0.29, 0.717) is 33.1 Å². The number of benzene rings is 2. The SMILES string of the molecule is CSC1CCN(C(=O)c2ccc3c(c2)C(=O)c2ccccc2C3=O)CC1. The summed E-state index contributed by atoms with van der Waals surface area (Å²) in [5.74, 6) is -0.410. The van der Waals surface area contributed by atoms with Gasteiger partial charge in [-0.2, -0.15) is 11.8 Å². The summed E-state index contributed by atoms with van der Waals surface area (Å²) < 4.78 is 0. The third-order valence-electron chi connectivity index (χ3n) is 5.23. The number of thioether (sulfide) groups is 1. The quantitative estimate of drug-likeness (QED) is 0.698. The van der Waals surface area contributed by atoms with E-state index in [-0.39, 0.29) is 17.5 Å². The van der Waals surface area contributed by atoms with Gasteiger partial charge in [0.05, 0.1) is 0 Å². The normalized spacial score (nSPS) is 17.0. The molecule has 0 aromatic heterocycles. The number of ketones is 2. The van der Waals surface area contributed by atoms with Crippen LogP contribution in [0.3, 0.4) is 0 Å². The van der Waals surface area contributed by atoms with Crippen LogP contribution in [0.5, 0.6) is 0 Å². The molecule has 1 heterocycles. The molecule has 26 heavy (non-hydrogen) atoms. The van der Waals surface area contributed by atoms with Gasteiger partial charge in [-0.25, -0.2) is 0 Å². The standard InChI is InChI=1S/C21H19NO3S/c1-26-14-8-10-22(11-9-14)21(25)13-6-7-17-18(12-13)20(24)16-5-3-2-4-15(16)19(17)23/h2-7,12,14H,8-11H2,1H3. The lowest BCUT2D eigenvalue weighted by Crippen LogP contribution is -2.39. The molecule has 2 aromatic rings. The Balaban J connectivity index is 1.64. The van der Waals surface area contributed by atoms with E-state index in [1.807, 2.05) is 16.7 Å². The van der Waals surface area contributed by atoms with Crippen molar-refractivity contribution in [1.29, 1.82) is 0 Å². The van der Waals surface area contributed by atoms with Gasteiger partial charge >= 0.3 is 0 Å². The highest BCUT2D eigenvalue weighted by atomic mass is 32.2. The number of fused-ring (bicyclic) bond motifs is 2. The molecule has 1 aliphatic carbocycles. The number of hydrogen-bond acceptors (Lipinski definition) is 4. The van der Waals surface area contributed by atoms with Crippen molar-refractivity contribution in [2.24, 2.45) is 0 Å². The molecule has 0 radical (unpaired) electrons. The fraction of sp³-hybridized carbons (Fsp3) is 0.286. The van der Waals surface area contributed by atoms with E-state index >= 15 is 0 Å². The van der Waals surface area contributed by atoms with Crippen LogP contribution in [0.4, 0.5) is 0 Å². The van der Waals surface area contributed by atoms with E-state index in [1.165, 1.54) is 0 Å².